The standard InChI is InChI=1S/C19H24F2N2O4/c1-3-11(2)18(19(26)27)22-15(24)9-13-7-8-16(25)23(13)10-12-5-4-6-14(20)17(12)21/h4-6,11,13,18H,3,7-10H2,1-2H3,(H,22,24)(H,26,27)/t11-,13-,18-/m0/s1. The summed E-state index contributed by atoms with van der Waals surface area (Å²) in [6, 6.07) is 2.26. The predicted octanol–water partition coefficient (Wildman–Crippen LogP) is 2.46. The molecule has 1 aliphatic rings. The molecule has 0 aliphatic carbocycles. The quantitative estimate of drug-likeness (QED) is 0.723. The molecule has 1 aromatic rings. The van der Waals surface area contributed by atoms with Crippen molar-refractivity contribution in [3.8, 4) is 0 Å². The Morgan fingerprint density at radius 2 is 2.07 bits per heavy atom. The fourth-order valence-electron chi connectivity index (χ4n) is 3.21. The number of carboxylic acid groups (broad SMARTS) is 1. The zero-order valence-electron chi connectivity index (χ0n) is 15.4. The number of rotatable bonds is 8. The van der Waals surface area contributed by atoms with Crippen LogP contribution in [0, 0.1) is 17.6 Å². The van der Waals surface area contributed by atoms with Crippen molar-refractivity contribution in [3.63, 3.8) is 0 Å². The maximum Gasteiger partial charge on any atom is 0.326 e. The molecule has 0 unspecified atom stereocenters. The van der Waals surface area contributed by atoms with Gasteiger partial charge in [0, 0.05) is 31.0 Å². The minimum Gasteiger partial charge on any atom is -0.480 e. The van der Waals surface area contributed by atoms with E-state index in [2.05, 4.69) is 5.32 Å². The minimum atomic E-state index is -1.11. The van der Waals surface area contributed by atoms with E-state index in [1.54, 1.807) is 6.92 Å². The lowest BCUT2D eigenvalue weighted by Crippen LogP contribution is -2.47. The Morgan fingerprint density at radius 1 is 1.37 bits per heavy atom. The van der Waals surface area contributed by atoms with Crippen LogP contribution < -0.4 is 5.32 Å². The number of likely N-dealkylation sites (tertiary alicyclic amines) is 1. The van der Waals surface area contributed by atoms with Crippen LogP contribution in [0.4, 0.5) is 8.78 Å². The van der Waals surface area contributed by atoms with Crippen LogP contribution in [0.3, 0.4) is 0 Å². The normalized spacial score (nSPS) is 19.0. The third-order valence-electron chi connectivity index (χ3n) is 5.04. The van der Waals surface area contributed by atoms with Crippen LogP contribution in [0.25, 0.3) is 0 Å². The van der Waals surface area contributed by atoms with Crippen LogP contribution in [0.1, 0.15) is 45.1 Å². The lowest BCUT2D eigenvalue weighted by atomic mass is 9.99. The monoisotopic (exact) mass is 382 g/mol. The first kappa shape index (κ1) is 20.8. The van der Waals surface area contributed by atoms with Crippen LogP contribution in [0.5, 0.6) is 0 Å². The third-order valence-corrected chi connectivity index (χ3v) is 5.04. The molecule has 2 amide bonds. The molecular weight excluding hydrogens is 358 g/mol. The summed E-state index contributed by atoms with van der Waals surface area (Å²) in [6.45, 7) is 3.43. The number of aliphatic carboxylic acids is 1. The molecule has 1 fully saturated rings. The molecule has 1 heterocycles. The van der Waals surface area contributed by atoms with E-state index in [-0.39, 0.29) is 36.8 Å². The second-order valence-corrected chi connectivity index (χ2v) is 6.90. The molecule has 2 rings (SSSR count). The summed E-state index contributed by atoms with van der Waals surface area (Å²) in [6.07, 6.45) is 1.12. The molecule has 1 aromatic carbocycles. The Hall–Kier alpha value is -2.51. The first-order valence-electron chi connectivity index (χ1n) is 8.99. The zero-order valence-corrected chi connectivity index (χ0v) is 15.4. The number of halogens is 2. The molecule has 8 heteroatoms. The van der Waals surface area contributed by atoms with Crippen molar-refractivity contribution in [2.45, 2.75) is 58.2 Å². The fraction of sp³-hybridized carbons (Fsp3) is 0.526. The molecule has 0 spiro atoms. The smallest absolute Gasteiger partial charge is 0.326 e. The zero-order chi connectivity index (χ0) is 20.1. The van der Waals surface area contributed by atoms with Crippen molar-refractivity contribution in [3.05, 3.63) is 35.4 Å². The van der Waals surface area contributed by atoms with Crippen molar-refractivity contribution >= 4 is 17.8 Å². The molecular formula is C19H24F2N2O4. The Kier molecular flexibility index (Phi) is 6.87. The van der Waals surface area contributed by atoms with Gasteiger partial charge < -0.3 is 15.3 Å². The van der Waals surface area contributed by atoms with Crippen LogP contribution in [0.2, 0.25) is 0 Å². The summed E-state index contributed by atoms with van der Waals surface area (Å²) < 4.78 is 27.3. The molecule has 0 bridgehead atoms. The number of nitrogens with zero attached hydrogens (tertiary/aromatic N) is 1. The lowest BCUT2D eigenvalue weighted by Gasteiger charge is -2.26. The lowest BCUT2D eigenvalue weighted by molar-refractivity contribution is -0.143. The first-order chi connectivity index (χ1) is 12.7. The summed E-state index contributed by atoms with van der Waals surface area (Å²) in [5, 5.41) is 11.8. The molecule has 3 atom stereocenters. The highest BCUT2D eigenvalue weighted by molar-refractivity contribution is 5.85. The van der Waals surface area contributed by atoms with E-state index >= 15 is 0 Å². The molecule has 0 radical (unpaired) electrons. The largest absolute Gasteiger partial charge is 0.480 e. The van der Waals surface area contributed by atoms with Gasteiger partial charge in [0.05, 0.1) is 0 Å². The average Bonchev–Trinajstić information content (AvgIpc) is 2.95. The Balaban J connectivity index is 2.06. The number of benzene rings is 1. The molecule has 148 valence electrons. The van der Waals surface area contributed by atoms with Crippen LogP contribution in [-0.4, -0.2) is 39.9 Å². The Labute approximate surface area is 156 Å². The van der Waals surface area contributed by atoms with Gasteiger partial charge >= 0.3 is 5.97 Å². The number of amides is 2. The van der Waals surface area contributed by atoms with Gasteiger partial charge in [-0.05, 0) is 18.4 Å². The first-order valence-corrected chi connectivity index (χ1v) is 8.99. The van der Waals surface area contributed by atoms with E-state index in [1.807, 2.05) is 6.92 Å². The van der Waals surface area contributed by atoms with Gasteiger partial charge in [0.15, 0.2) is 11.6 Å². The number of carboxylic acids is 1. The second kappa shape index (κ2) is 8.92. The highest BCUT2D eigenvalue weighted by atomic mass is 19.2. The van der Waals surface area contributed by atoms with Gasteiger partial charge in [-0.3, -0.25) is 9.59 Å². The van der Waals surface area contributed by atoms with Gasteiger partial charge in [-0.15, -0.1) is 0 Å². The molecule has 27 heavy (non-hydrogen) atoms. The van der Waals surface area contributed by atoms with Crippen molar-refractivity contribution in [2.75, 3.05) is 0 Å². The number of nitrogens with one attached hydrogen (secondary N) is 1. The van der Waals surface area contributed by atoms with E-state index in [9.17, 15) is 28.3 Å². The summed E-state index contributed by atoms with van der Waals surface area (Å²) >= 11 is 0. The number of carbonyl (C=O) groups excluding carboxylic acids is 2. The van der Waals surface area contributed by atoms with Gasteiger partial charge in [-0.2, -0.15) is 0 Å². The number of hydrogen-bond donors (Lipinski definition) is 2. The van der Waals surface area contributed by atoms with Gasteiger partial charge in [-0.1, -0.05) is 32.4 Å². The predicted molar refractivity (Wildman–Crippen MR) is 93.6 cm³/mol. The van der Waals surface area contributed by atoms with Crippen LogP contribution in [0.15, 0.2) is 18.2 Å². The minimum absolute atomic E-state index is 0.0404. The van der Waals surface area contributed by atoms with Crippen molar-refractivity contribution < 1.29 is 28.3 Å². The van der Waals surface area contributed by atoms with Crippen molar-refractivity contribution in [2.24, 2.45) is 5.92 Å². The topological polar surface area (TPSA) is 86.7 Å². The van der Waals surface area contributed by atoms with E-state index in [0.29, 0.717) is 12.8 Å². The summed E-state index contributed by atoms with van der Waals surface area (Å²) in [7, 11) is 0. The summed E-state index contributed by atoms with van der Waals surface area (Å²) in [4.78, 5) is 37.1. The third kappa shape index (κ3) is 5.02. The Bertz CT molecular complexity index is 726. The molecule has 0 aromatic heterocycles. The SMILES string of the molecule is CC[C@H](C)[C@H](NC(=O)C[C@@H]1CCC(=O)N1Cc1cccc(F)c1F)C(=O)O. The maximum atomic E-state index is 13.9. The van der Waals surface area contributed by atoms with Gasteiger partial charge in [-0.25, -0.2) is 13.6 Å². The molecule has 6 nitrogen and oxygen atoms in total. The number of hydrogen-bond acceptors (Lipinski definition) is 3. The fourth-order valence-corrected chi connectivity index (χ4v) is 3.21. The second-order valence-electron chi connectivity index (χ2n) is 6.90. The van der Waals surface area contributed by atoms with E-state index in [4.69, 9.17) is 0 Å². The van der Waals surface area contributed by atoms with Crippen LogP contribution in [-0.2, 0) is 20.9 Å². The van der Waals surface area contributed by atoms with Crippen LogP contribution >= 0.6 is 0 Å². The highest BCUT2D eigenvalue weighted by Crippen LogP contribution is 2.25. The summed E-state index contributed by atoms with van der Waals surface area (Å²) in [5.74, 6) is -4.08. The van der Waals surface area contributed by atoms with Gasteiger partial charge in [0.25, 0.3) is 0 Å². The molecule has 1 aliphatic heterocycles. The number of carbonyl (C=O) groups is 3. The van der Waals surface area contributed by atoms with E-state index < -0.39 is 35.6 Å². The molecule has 1 saturated heterocycles. The molecule has 2 N–H and O–H groups in total. The van der Waals surface area contributed by atoms with Crippen molar-refractivity contribution in [1.82, 2.24) is 10.2 Å². The highest BCUT2D eigenvalue weighted by Gasteiger charge is 2.34. The van der Waals surface area contributed by atoms with Gasteiger partial charge in [0.2, 0.25) is 11.8 Å². The maximum absolute atomic E-state index is 13.9. The van der Waals surface area contributed by atoms with E-state index in [1.165, 1.54) is 17.0 Å². The Morgan fingerprint density at radius 3 is 2.70 bits per heavy atom. The average molecular weight is 382 g/mol. The summed E-state index contributed by atoms with van der Waals surface area (Å²) in [5.41, 5.74) is 0.0404. The van der Waals surface area contributed by atoms with Crippen molar-refractivity contribution in [1.29, 1.82) is 0 Å². The molecule has 0 saturated carbocycles. The van der Waals surface area contributed by atoms with Gasteiger partial charge in [0.1, 0.15) is 6.04 Å². The van der Waals surface area contributed by atoms with E-state index in [0.717, 1.165) is 6.07 Å².